The number of nitrogens with one attached hydrogen (secondary N) is 2. The number of nitrogens with zero attached hydrogens (tertiary/aromatic N) is 2. The minimum Gasteiger partial charge on any atom is -0.497 e. The van der Waals surface area contributed by atoms with Crippen molar-refractivity contribution >= 4 is 40.1 Å². The van der Waals surface area contributed by atoms with Gasteiger partial charge in [-0.05, 0) is 24.3 Å². The molecule has 198 valence electrons. The number of alkyl halides is 3. The number of rotatable bonds is 8. The predicted octanol–water partition coefficient (Wildman–Crippen LogP) is 6.35. The highest BCUT2D eigenvalue weighted by molar-refractivity contribution is 7.99. The molecular weight excluding hydrogens is 525 g/mol. The van der Waals surface area contributed by atoms with E-state index in [-0.39, 0.29) is 11.4 Å². The normalized spacial score (nSPS) is 11.1. The molecule has 9 nitrogen and oxygen atoms in total. The van der Waals surface area contributed by atoms with Crippen molar-refractivity contribution in [1.29, 1.82) is 0 Å². The van der Waals surface area contributed by atoms with Crippen molar-refractivity contribution in [2.45, 2.75) is 16.3 Å². The molecule has 4 rings (SSSR count). The van der Waals surface area contributed by atoms with E-state index in [0.717, 1.165) is 22.4 Å². The summed E-state index contributed by atoms with van der Waals surface area (Å²) < 4.78 is 57.5. The molecule has 0 fully saturated rings. The minimum absolute atomic E-state index is 0.0449. The van der Waals surface area contributed by atoms with E-state index in [2.05, 4.69) is 25.3 Å². The molecule has 4 aromatic rings. The maximum absolute atomic E-state index is 12.6. The van der Waals surface area contributed by atoms with Crippen LogP contribution in [0, 0.1) is 0 Å². The van der Waals surface area contributed by atoms with Crippen molar-refractivity contribution < 1.29 is 36.9 Å². The number of benzene rings is 3. The minimum atomic E-state index is -4.89. The Bertz CT molecular complexity index is 1470. The number of fused-ring (bicyclic) bond motifs is 1. The highest BCUT2D eigenvalue weighted by Crippen LogP contribution is 2.37. The molecule has 0 saturated heterocycles. The van der Waals surface area contributed by atoms with Crippen LogP contribution in [0.5, 0.6) is 23.0 Å². The maximum atomic E-state index is 12.6. The second-order valence-electron chi connectivity index (χ2n) is 7.56. The fourth-order valence-corrected chi connectivity index (χ4v) is 4.37. The van der Waals surface area contributed by atoms with Gasteiger partial charge in [-0.3, -0.25) is 0 Å². The summed E-state index contributed by atoms with van der Waals surface area (Å²) in [5.74, 6) is 0.619. The van der Waals surface area contributed by atoms with Gasteiger partial charge in [-0.1, -0.05) is 17.8 Å². The van der Waals surface area contributed by atoms with Gasteiger partial charge in [0.2, 0.25) is 0 Å². The Labute approximate surface area is 219 Å². The van der Waals surface area contributed by atoms with E-state index in [4.69, 9.17) is 14.2 Å². The zero-order chi connectivity index (χ0) is 27.3. The third kappa shape index (κ3) is 6.68. The molecule has 1 heterocycles. The first kappa shape index (κ1) is 26.7. The van der Waals surface area contributed by atoms with Gasteiger partial charge >= 0.3 is 12.4 Å². The molecular formula is C25H21F3N4O5S. The van der Waals surface area contributed by atoms with E-state index in [1.165, 1.54) is 38.4 Å². The van der Waals surface area contributed by atoms with Gasteiger partial charge in [0.15, 0.2) is 11.5 Å². The molecule has 0 aliphatic carbocycles. The van der Waals surface area contributed by atoms with Crippen LogP contribution < -0.4 is 29.6 Å². The molecule has 0 unspecified atom stereocenters. The summed E-state index contributed by atoms with van der Waals surface area (Å²) >= 11 is 1.35. The molecule has 0 spiro atoms. The Hall–Kier alpha value is -4.39. The number of carbonyl (C=O) groups is 1. The Morgan fingerprint density at radius 3 is 2.26 bits per heavy atom. The predicted molar refractivity (Wildman–Crippen MR) is 136 cm³/mol. The van der Waals surface area contributed by atoms with Crippen molar-refractivity contribution in [3.8, 4) is 23.0 Å². The summed E-state index contributed by atoms with van der Waals surface area (Å²) in [4.78, 5) is 22.0. The summed E-state index contributed by atoms with van der Waals surface area (Å²) in [6.07, 6.45) is -3.45. The van der Waals surface area contributed by atoms with Crippen molar-refractivity contribution in [1.82, 2.24) is 9.97 Å². The van der Waals surface area contributed by atoms with Gasteiger partial charge in [0.25, 0.3) is 0 Å². The number of methoxy groups -OCH3 is 3. The van der Waals surface area contributed by atoms with E-state index in [9.17, 15) is 18.0 Å². The number of aromatic nitrogens is 2. The molecule has 3 aromatic carbocycles. The average molecular weight is 547 g/mol. The van der Waals surface area contributed by atoms with Crippen LogP contribution in [-0.2, 0) is 0 Å². The van der Waals surface area contributed by atoms with Crippen molar-refractivity contribution in [2.75, 3.05) is 32.0 Å². The van der Waals surface area contributed by atoms with Crippen LogP contribution >= 0.6 is 11.8 Å². The Kier molecular flexibility index (Phi) is 7.96. The van der Waals surface area contributed by atoms with Crippen LogP contribution in [-0.4, -0.2) is 43.7 Å². The van der Waals surface area contributed by atoms with Crippen LogP contribution in [0.2, 0.25) is 0 Å². The number of hydrogen-bond acceptors (Lipinski definition) is 8. The van der Waals surface area contributed by atoms with E-state index in [1.807, 2.05) is 6.07 Å². The molecule has 0 aliphatic rings. The van der Waals surface area contributed by atoms with Gasteiger partial charge in [-0.15, -0.1) is 13.2 Å². The summed E-state index contributed by atoms with van der Waals surface area (Å²) in [5.41, 5.74) is 1.16. The number of ether oxygens (including phenoxy) is 4. The first-order valence-electron chi connectivity index (χ1n) is 10.8. The van der Waals surface area contributed by atoms with Crippen LogP contribution in [0.3, 0.4) is 0 Å². The average Bonchev–Trinajstić information content (AvgIpc) is 2.87. The lowest BCUT2D eigenvalue weighted by molar-refractivity contribution is -0.274. The molecule has 0 aliphatic heterocycles. The monoisotopic (exact) mass is 546 g/mol. The number of halogens is 3. The number of amides is 2. The number of urea groups is 1. The lowest BCUT2D eigenvalue weighted by Crippen LogP contribution is -2.20. The van der Waals surface area contributed by atoms with E-state index in [1.54, 1.807) is 37.4 Å². The largest absolute Gasteiger partial charge is 0.573 e. The summed E-state index contributed by atoms with van der Waals surface area (Å²) in [6.45, 7) is 0. The standard InChI is InChI=1S/C25H21F3N4O5S/c1-34-16-7-15(8-17(10-16)37-25(26,27)28)32-24(33)31-14-5-4-6-18(9-14)38-23-19-11-21(35-2)22(36-3)12-20(19)29-13-30-23/h4-13H,1-3H3,(H2,31,32,33). The topological polar surface area (TPSA) is 104 Å². The van der Waals surface area contributed by atoms with Crippen LogP contribution in [0.25, 0.3) is 10.9 Å². The molecule has 0 radical (unpaired) electrons. The van der Waals surface area contributed by atoms with Crippen molar-refractivity contribution in [2.24, 2.45) is 0 Å². The summed E-state index contributed by atoms with van der Waals surface area (Å²) in [6, 6.07) is 13.3. The Morgan fingerprint density at radius 2 is 1.55 bits per heavy atom. The van der Waals surface area contributed by atoms with Crippen LogP contribution in [0.1, 0.15) is 0 Å². The van der Waals surface area contributed by atoms with Gasteiger partial charge in [-0.2, -0.15) is 0 Å². The summed E-state index contributed by atoms with van der Waals surface area (Å²) in [7, 11) is 4.36. The van der Waals surface area contributed by atoms with Crippen molar-refractivity contribution in [3.63, 3.8) is 0 Å². The van der Waals surface area contributed by atoms with Gasteiger partial charge in [-0.25, -0.2) is 14.8 Å². The van der Waals surface area contributed by atoms with E-state index >= 15 is 0 Å². The van der Waals surface area contributed by atoms with Crippen LogP contribution in [0.15, 0.2) is 70.8 Å². The Balaban J connectivity index is 1.51. The van der Waals surface area contributed by atoms with Crippen molar-refractivity contribution in [3.05, 3.63) is 60.9 Å². The zero-order valence-electron chi connectivity index (χ0n) is 20.3. The zero-order valence-corrected chi connectivity index (χ0v) is 21.1. The first-order chi connectivity index (χ1) is 18.2. The lowest BCUT2D eigenvalue weighted by Gasteiger charge is -2.13. The molecule has 0 saturated carbocycles. The number of anilines is 2. The van der Waals surface area contributed by atoms with Gasteiger partial charge < -0.3 is 29.6 Å². The number of hydrogen-bond donors (Lipinski definition) is 2. The molecule has 38 heavy (non-hydrogen) atoms. The van der Waals surface area contributed by atoms with E-state index in [0.29, 0.717) is 27.7 Å². The lowest BCUT2D eigenvalue weighted by atomic mass is 10.2. The van der Waals surface area contributed by atoms with Gasteiger partial charge in [0, 0.05) is 45.9 Å². The molecule has 2 amide bonds. The third-order valence-electron chi connectivity index (χ3n) is 5.02. The molecule has 0 atom stereocenters. The van der Waals surface area contributed by atoms with Crippen LogP contribution in [0.4, 0.5) is 29.3 Å². The third-order valence-corrected chi connectivity index (χ3v) is 6.03. The SMILES string of the molecule is COc1cc(NC(=O)Nc2cccc(Sc3ncnc4cc(OC)c(OC)cc34)c2)cc(OC(F)(F)F)c1. The molecule has 1 aromatic heterocycles. The molecule has 0 bridgehead atoms. The molecule has 2 N–H and O–H groups in total. The van der Waals surface area contributed by atoms with E-state index < -0.39 is 18.1 Å². The van der Waals surface area contributed by atoms with Gasteiger partial charge in [0.1, 0.15) is 22.9 Å². The Morgan fingerprint density at radius 1 is 0.842 bits per heavy atom. The second kappa shape index (κ2) is 11.3. The number of carbonyl (C=O) groups excluding carboxylic acids is 1. The maximum Gasteiger partial charge on any atom is 0.573 e. The highest BCUT2D eigenvalue weighted by atomic mass is 32.2. The fraction of sp³-hybridized carbons (Fsp3) is 0.160. The first-order valence-corrected chi connectivity index (χ1v) is 11.7. The summed E-state index contributed by atoms with van der Waals surface area (Å²) in [5, 5.41) is 6.54. The molecule has 13 heteroatoms. The second-order valence-corrected chi connectivity index (χ2v) is 8.62. The smallest absolute Gasteiger partial charge is 0.497 e. The quantitative estimate of drug-likeness (QED) is 0.247. The highest BCUT2D eigenvalue weighted by Gasteiger charge is 2.31. The van der Waals surface area contributed by atoms with Gasteiger partial charge in [0.05, 0.1) is 26.8 Å². The fourth-order valence-electron chi connectivity index (χ4n) is 3.44.